The molecule has 0 saturated heterocycles. The number of benzene rings is 2. The fourth-order valence-electron chi connectivity index (χ4n) is 2.82. The number of fused-ring (bicyclic) bond motifs is 1. The molecule has 3 aromatic rings. The lowest BCUT2D eigenvalue weighted by Gasteiger charge is -2.17. The van der Waals surface area contributed by atoms with Crippen molar-refractivity contribution in [1.29, 1.82) is 0 Å². The molecule has 2 amide bonds. The van der Waals surface area contributed by atoms with Gasteiger partial charge in [0.25, 0.3) is 5.91 Å². The molecule has 0 saturated carbocycles. The van der Waals surface area contributed by atoms with Gasteiger partial charge >= 0.3 is 0 Å². The van der Waals surface area contributed by atoms with Gasteiger partial charge in [0.15, 0.2) is 4.34 Å². The van der Waals surface area contributed by atoms with Crippen molar-refractivity contribution in [2.24, 2.45) is 0 Å². The van der Waals surface area contributed by atoms with Gasteiger partial charge in [0.05, 0.1) is 0 Å². The average molecular weight is 465 g/mol. The first-order valence-electron chi connectivity index (χ1n) is 8.63. The van der Waals surface area contributed by atoms with Gasteiger partial charge in [-0.05, 0) is 47.9 Å². The molecule has 1 aromatic heterocycles. The first kappa shape index (κ1) is 20.2. The second-order valence-electron chi connectivity index (χ2n) is 6.24. The number of hydrogen-bond donors (Lipinski definition) is 2. The van der Waals surface area contributed by atoms with Crippen LogP contribution < -0.4 is 10.6 Å². The van der Waals surface area contributed by atoms with Crippen LogP contribution in [0.2, 0.25) is 10.0 Å². The summed E-state index contributed by atoms with van der Waals surface area (Å²) >= 11 is 15.1. The molecule has 148 valence electrons. The molecule has 0 radical (unpaired) electrons. The van der Waals surface area contributed by atoms with Crippen molar-refractivity contribution >= 4 is 68.9 Å². The molecule has 29 heavy (non-hydrogen) atoms. The van der Waals surface area contributed by atoms with E-state index in [0.717, 1.165) is 16.8 Å². The number of rotatable bonds is 5. The van der Waals surface area contributed by atoms with Crippen molar-refractivity contribution in [3.63, 3.8) is 0 Å². The minimum Gasteiger partial charge on any atom is -0.326 e. The zero-order valence-corrected chi connectivity index (χ0v) is 18.0. The van der Waals surface area contributed by atoms with Gasteiger partial charge < -0.3 is 5.32 Å². The van der Waals surface area contributed by atoms with Crippen LogP contribution in [0.5, 0.6) is 0 Å². The second-order valence-corrected chi connectivity index (χ2v) is 9.25. The maximum absolute atomic E-state index is 12.5. The zero-order chi connectivity index (χ0) is 20.4. The summed E-state index contributed by atoms with van der Waals surface area (Å²) in [6.07, 6.45) is 1.04. The third-order valence-corrected chi connectivity index (χ3v) is 7.00. The van der Waals surface area contributed by atoms with Crippen molar-refractivity contribution in [1.82, 2.24) is 10.2 Å². The van der Waals surface area contributed by atoms with Crippen molar-refractivity contribution < 1.29 is 9.59 Å². The number of aryl methyl sites for hydroxylation is 1. The summed E-state index contributed by atoms with van der Waals surface area (Å²) < 4.78 is 0.699. The third kappa shape index (κ3) is 4.72. The molecule has 1 aliphatic rings. The van der Waals surface area contributed by atoms with Crippen LogP contribution in [0.15, 0.2) is 40.7 Å². The number of amides is 2. The predicted octanol–water partition coefficient (Wildman–Crippen LogP) is 5.27. The largest absolute Gasteiger partial charge is 0.326 e. The summed E-state index contributed by atoms with van der Waals surface area (Å²) in [5.41, 5.74) is 3.04. The third-order valence-electron chi connectivity index (χ3n) is 4.29. The minimum absolute atomic E-state index is 0.00771. The maximum atomic E-state index is 12.5. The average Bonchev–Trinajstić information content (AvgIpc) is 3.14. The lowest BCUT2D eigenvalue weighted by Crippen LogP contribution is -2.20. The minimum atomic E-state index is -0.272. The molecule has 2 heterocycles. The molecule has 2 N–H and O–H groups in total. The summed E-state index contributed by atoms with van der Waals surface area (Å²) in [7, 11) is 0. The van der Waals surface area contributed by atoms with Crippen LogP contribution in [-0.2, 0) is 17.0 Å². The Morgan fingerprint density at radius 2 is 1.97 bits per heavy atom. The first-order chi connectivity index (χ1) is 14.0. The van der Waals surface area contributed by atoms with Gasteiger partial charge in [0, 0.05) is 33.5 Å². The van der Waals surface area contributed by atoms with E-state index in [-0.39, 0.29) is 11.8 Å². The fourth-order valence-corrected chi connectivity index (χ4v) is 5.31. The molecule has 0 unspecified atom stereocenters. The van der Waals surface area contributed by atoms with E-state index < -0.39 is 0 Å². The number of anilines is 2. The highest BCUT2D eigenvalue weighted by Crippen LogP contribution is 2.34. The van der Waals surface area contributed by atoms with Crippen molar-refractivity contribution in [2.45, 2.75) is 22.9 Å². The molecule has 0 fully saturated rings. The molecule has 0 spiro atoms. The van der Waals surface area contributed by atoms with Gasteiger partial charge in [-0.15, -0.1) is 10.2 Å². The monoisotopic (exact) mass is 464 g/mol. The molecule has 10 heteroatoms. The van der Waals surface area contributed by atoms with Crippen LogP contribution in [-0.4, -0.2) is 22.0 Å². The van der Waals surface area contributed by atoms with E-state index in [0.29, 0.717) is 43.7 Å². The molecule has 0 aliphatic carbocycles. The van der Waals surface area contributed by atoms with Crippen molar-refractivity contribution in [2.75, 3.05) is 10.6 Å². The molecule has 1 aliphatic heterocycles. The van der Waals surface area contributed by atoms with E-state index >= 15 is 0 Å². The van der Waals surface area contributed by atoms with Crippen LogP contribution in [0.1, 0.15) is 27.9 Å². The zero-order valence-electron chi connectivity index (χ0n) is 14.9. The van der Waals surface area contributed by atoms with Gasteiger partial charge in [-0.2, -0.15) is 0 Å². The Balaban J connectivity index is 1.40. The number of nitrogens with one attached hydrogen (secondary N) is 2. The molecular weight excluding hydrogens is 451 g/mol. The van der Waals surface area contributed by atoms with Crippen LogP contribution in [0.25, 0.3) is 0 Å². The number of carbonyl (C=O) groups excluding carboxylic acids is 2. The molecule has 6 nitrogen and oxygen atoms in total. The highest BCUT2D eigenvalue weighted by Gasteiger charge is 2.18. The first-order valence-corrected chi connectivity index (χ1v) is 11.2. The summed E-state index contributed by atoms with van der Waals surface area (Å²) in [4.78, 5) is 24.0. The fraction of sp³-hybridized carbons (Fsp3) is 0.158. The Morgan fingerprint density at radius 1 is 1.17 bits per heavy atom. The Kier molecular flexibility index (Phi) is 6.05. The Labute approximate surface area is 185 Å². The number of aromatic nitrogens is 2. The van der Waals surface area contributed by atoms with Gasteiger partial charge in [-0.1, -0.05) is 52.4 Å². The van der Waals surface area contributed by atoms with Gasteiger partial charge in [-0.3, -0.25) is 14.9 Å². The molecule has 4 rings (SSSR count). The number of carbonyl (C=O) groups is 2. The highest BCUT2D eigenvalue weighted by atomic mass is 35.5. The normalized spacial score (nSPS) is 13.0. The van der Waals surface area contributed by atoms with Gasteiger partial charge in [0.1, 0.15) is 0 Å². The van der Waals surface area contributed by atoms with Crippen LogP contribution in [0.3, 0.4) is 0 Å². The van der Waals surface area contributed by atoms with E-state index in [1.807, 2.05) is 0 Å². The Morgan fingerprint density at radius 3 is 2.76 bits per heavy atom. The van der Waals surface area contributed by atoms with Crippen LogP contribution in [0, 0.1) is 0 Å². The van der Waals surface area contributed by atoms with E-state index in [9.17, 15) is 9.59 Å². The quantitative estimate of drug-likeness (QED) is 0.396. The summed E-state index contributed by atoms with van der Waals surface area (Å²) in [6, 6.07) is 10.6. The number of thioether (sulfide) groups is 1. The summed E-state index contributed by atoms with van der Waals surface area (Å²) in [6.45, 7) is 0. The van der Waals surface area contributed by atoms with E-state index in [2.05, 4.69) is 20.8 Å². The van der Waals surface area contributed by atoms with Crippen molar-refractivity contribution in [3.05, 3.63) is 63.1 Å². The number of halogens is 2. The van der Waals surface area contributed by atoms with Crippen molar-refractivity contribution in [3.8, 4) is 0 Å². The molecular formula is C19H14Cl2N4O2S2. The molecule has 2 aromatic carbocycles. The molecule has 0 bridgehead atoms. The highest BCUT2D eigenvalue weighted by molar-refractivity contribution is 8.00. The van der Waals surface area contributed by atoms with Crippen LogP contribution >= 0.6 is 46.3 Å². The lowest BCUT2D eigenvalue weighted by molar-refractivity contribution is -0.116. The Hall–Kier alpha value is -2.13. The maximum Gasteiger partial charge on any atom is 0.257 e. The lowest BCUT2D eigenvalue weighted by atomic mass is 10.0. The smallest absolute Gasteiger partial charge is 0.257 e. The predicted molar refractivity (Wildman–Crippen MR) is 117 cm³/mol. The summed E-state index contributed by atoms with van der Waals surface area (Å²) in [5, 5.41) is 15.3. The van der Waals surface area contributed by atoms with E-state index in [1.54, 1.807) is 36.4 Å². The topological polar surface area (TPSA) is 84.0 Å². The summed E-state index contributed by atoms with van der Waals surface area (Å²) in [5.74, 6) is 0.274. The van der Waals surface area contributed by atoms with E-state index in [4.69, 9.17) is 23.2 Å². The SMILES string of the molecule is O=C1CCc2cc(C(=O)Nc3nnc(SCc4c(Cl)cccc4Cl)s3)ccc2N1. The number of hydrogen-bond acceptors (Lipinski definition) is 6. The van der Waals surface area contributed by atoms with Crippen LogP contribution in [0.4, 0.5) is 10.8 Å². The number of nitrogens with zero attached hydrogens (tertiary/aromatic N) is 2. The van der Waals surface area contributed by atoms with Gasteiger partial charge in [0.2, 0.25) is 11.0 Å². The van der Waals surface area contributed by atoms with Gasteiger partial charge in [-0.25, -0.2) is 0 Å². The van der Waals surface area contributed by atoms with E-state index in [1.165, 1.54) is 23.1 Å². The second kappa shape index (κ2) is 8.71. The Bertz CT molecular complexity index is 1080. The standard InChI is InChI=1S/C19H14Cl2N4O2S2/c20-13-2-1-3-14(21)12(13)9-28-19-25-24-18(29-19)23-17(27)11-4-6-15-10(8-11)5-7-16(26)22-15/h1-4,6,8H,5,7,9H2,(H,22,26)(H,23,24,27). The molecule has 0 atom stereocenters.